The Bertz CT molecular complexity index is 357. The minimum absolute atomic E-state index is 0.0361. The van der Waals surface area contributed by atoms with E-state index in [1.807, 2.05) is 0 Å². The van der Waals surface area contributed by atoms with E-state index in [-0.39, 0.29) is 18.2 Å². The maximum absolute atomic E-state index is 11.9. The van der Waals surface area contributed by atoms with Crippen molar-refractivity contribution >= 4 is 27.6 Å². The highest BCUT2D eigenvalue weighted by Gasteiger charge is 2.37. The fourth-order valence-electron chi connectivity index (χ4n) is 1.93. The summed E-state index contributed by atoms with van der Waals surface area (Å²) in [6.07, 6.45) is 2.15. The van der Waals surface area contributed by atoms with E-state index in [0.29, 0.717) is 13.0 Å². The van der Waals surface area contributed by atoms with E-state index in [0.717, 1.165) is 12.8 Å². The number of halogens is 1. The third-order valence-electron chi connectivity index (χ3n) is 2.70. The van der Waals surface area contributed by atoms with Gasteiger partial charge in [0.25, 0.3) is 0 Å². The Kier molecular flexibility index (Phi) is 5.69. The van der Waals surface area contributed by atoms with Crippen LogP contribution in [0.1, 0.15) is 26.2 Å². The number of alkyl halides is 1. The monoisotopic (exact) mass is 283 g/mol. The second kappa shape index (κ2) is 6.56. The average Bonchev–Trinajstić information content (AvgIpc) is 2.29. The number of sulfonamides is 1. The molecule has 1 rings (SSSR count). The number of nitrogens with zero attached hydrogens (tertiary/aromatic N) is 1. The molecular formula is C10H18ClNO4S. The standard InChI is InChI=1S/C10H18ClNO4S/c1-2-16-10(13)9-5-3-4-7-12(9)17(14,15)8-6-11/h9H,2-8H2,1H3. The predicted molar refractivity (Wildman–Crippen MR) is 65.5 cm³/mol. The number of carbonyl (C=O) groups is 1. The van der Waals surface area contributed by atoms with Crippen molar-refractivity contribution < 1.29 is 17.9 Å². The smallest absolute Gasteiger partial charge is 0.324 e. The van der Waals surface area contributed by atoms with Crippen molar-refractivity contribution in [1.29, 1.82) is 0 Å². The lowest BCUT2D eigenvalue weighted by molar-refractivity contribution is -0.148. The van der Waals surface area contributed by atoms with Crippen molar-refractivity contribution in [1.82, 2.24) is 4.31 Å². The second-order valence-electron chi connectivity index (χ2n) is 3.88. The first kappa shape index (κ1) is 14.7. The van der Waals surface area contributed by atoms with Gasteiger partial charge in [-0.3, -0.25) is 4.79 Å². The molecule has 0 aromatic rings. The largest absolute Gasteiger partial charge is 0.465 e. The first-order chi connectivity index (χ1) is 8.03. The van der Waals surface area contributed by atoms with Crippen molar-refractivity contribution in [2.24, 2.45) is 0 Å². The van der Waals surface area contributed by atoms with E-state index in [1.165, 1.54) is 4.31 Å². The molecule has 0 aliphatic carbocycles. The molecule has 1 heterocycles. The zero-order valence-corrected chi connectivity index (χ0v) is 11.5. The van der Waals surface area contributed by atoms with Gasteiger partial charge in [0, 0.05) is 12.4 Å². The van der Waals surface area contributed by atoms with Crippen molar-refractivity contribution in [3.05, 3.63) is 0 Å². The van der Waals surface area contributed by atoms with Crippen LogP contribution in [0, 0.1) is 0 Å². The van der Waals surface area contributed by atoms with Gasteiger partial charge in [-0.15, -0.1) is 11.6 Å². The van der Waals surface area contributed by atoms with Gasteiger partial charge in [-0.05, 0) is 26.2 Å². The summed E-state index contributed by atoms with van der Waals surface area (Å²) in [6, 6.07) is -0.670. The fraction of sp³-hybridized carbons (Fsp3) is 0.900. The molecular weight excluding hydrogens is 266 g/mol. The third kappa shape index (κ3) is 3.82. The van der Waals surface area contributed by atoms with Gasteiger partial charge in [0.1, 0.15) is 6.04 Å². The molecule has 1 atom stereocenters. The molecule has 7 heteroatoms. The number of piperidine rings is 1. The number of ether oxygens (including phenoxy) is 1. The zero-order valence-electron chi connectivity index (χ0n) is 9.89. The van der Waals surface area contributed by atoms with Crippen LogP contribution in [0.5, 0.6) is 0 Å². The van der Waals surface area contributed by atoms with E-state index in [4.69, 9.17) is 16.3 Å². The molecule has 1 saturated heterocycles. The Balaban J connectivity index is 2.82. The van der Waals surface area contributed by atoms with Crippen LogP contribution in [0.25, 0.3) is 0 Å². The Morgan fingerprint density at radius 2 is 2.18 bits per heavy atom. The van der Waals surface area contributed by atoms with Crippen molar-refractivity contribution in [2.75, 3.05) is 24.8 Å². The molecule has 5 nitrogen and oxygen atoms in total. The van der Waals surface area contributed by atoms with Crippen LogP contribution in [-0.2, 0) is 19.6 Å². The first-order valence-corrected chi connectivity index (χ1v) is 7.89. The normalized spacial score (nSPS) is 22.4. The van der Waals surface area contributed by atoms with Crippen LogP contribution in [0.4, 0.5) is 0 Å². The molecule has 1 fully saturated rings. The topological polar surface area (TPSA) is 63.7 Å². The number of esters is 1. The van der Waals surface area contributed by atoms with Gasteiger partial charge in [0.15, 0.2) is 0 Å². The maximum Gasteiger partial charge on any atom is 0.324 e. The van der Waals surface area contributed by atoms with Crippen molar-refractivity contribution in [3.8, 4) is 0 Å². The Morgan fingerprint density at radius 1 is 1.47 bits per heavy atom. The van der Waals surface area contributed by atoms with Gasteiger partial charge in [-0.2, -0.15) is 4.31 Å². The van der Waals surface area contributed by atoms with Gasteiger partial charge in [0.2, 0.25) is 10.0 Å². The molecule has 1 unspecified atom stereocenters. The Labute approximate surface area is 107 Å². The number of rotatable bonds is 5. The molecule has 1 aliphatic heterocycles. The maximum atomic E-state index is 11.9. The van der Waals surface area contributed by atoms with Crippen molar-refractivity contribution in [2.45, 2.75) is 32.2 Å². The van der Waals surface area contributed by atoms with Crippen LogP contribution < -0.4 is 0 Å². The third-order valence-corrected chi connectivity index (χ3v) is 4.99. The summed E-state index contributed by atoms with van der Waals surface area (Å²) >= 11 is 5.47. The Hall–Kier alpha value is -0.330. The molecule has 0 spiro atoms. The SMILES string of the molecule is CCOC(=O)C1CCCCN1S(=O)(=O)CCCl. The molecule has 0 aromatic heterocycles. The second-order valence-corrected chi connectivity index (χ2v) is 6.30. The summed E-state index contributed by atoms with van der Waals surface area (Å²) in [7, 11) is -3.45. The van der Waals surface area contributed by atoms with E-state index >= 15 is 0 Å². The molecule has 0 saturated carbocycles. The van der Waals surface area contributed by atoms with Gasteiger partial charge in [-0.1, -0.05) is 0 Å². The van der Waals surface area contributed by atoms with E-state index in [9.17, 15) is 13.2 Å². The number of hydrogen-bond donors (Lipinski definition) is 0. The Morgan fingerprint density at radius 3 is 2.76 bits per heavy atom. The fourth-order valence-corrected chi connectivity index (χ4v) is 3.93. The van der Waals surface area contributed by atoms with Gasteiger partial charge in [0.05, 0.1) is 12.4 Å². The average molecular weight is 284 g/mol. The van der Waals surface area contributed by atoms with Gasteiger partial charge < -0.3 is 4.74 Å². The summed E-state index contributed by atoms with van der Waals surface area (Å²) in [5.74, 6) is -0.552. The minimum atomic E-state index is -3.45. The number of hydrogen-bond acceptors (Lipinski definition) is 4. The van der Waals surface area contributed by atoms with E-state index in [1.54, 1.807) is 6.92 Å². The van der Waals surface area contributed by atoms with Crippen LogP contribution >= 0.6 is 11.6 Å². The highest BCUT2D eigenvalue weighted by atomic mass is 35.5. The molecule has 0 N–H and O–H groups in total. The summed E-state index contributed by atoms with van der Waals surface area (Å²) in [6.45, 7) is 2.35. The van der Waals surface area contributed by atoms with Crippen LogP contribution in [0.3, 0.4) is 0 Å². The molecule has 0 bridgehead atoms. The summed E-state index contributed by atoms with van der Waals surface area (Å²) < 4.78 is 30.0. The summed E-state index contributed by atoms with van der Waals surface area (Å²) in [5, 5.41) is 0. The highest BCUT2D eigenvalue weighted by Crippen LogP contribution is 2.22. The number of carbonyl (C=O) groups excluding carboxylic acids is 1. The first-order valence-electron chi connectivity index (χ1n) is 5.75. The molecule has 17 heavy (non-hydrogen) atoms. The van der Waals surface area contributed by atoms with Crippen LogP contribution in [0.15, 0.2) is 0 Å². The zero-order chi connectivity index (χ0) is 12.9. The van der Waals surface area contributed by atoms with E-state index < -0.39 is 22.0 Å². The molecule has 100 valence electrons. The summed E-state index contributed by atoms with van der Waals surface area (Å²) in [4.78, 5) is 11.7. The van der Waals surface area contributed by atoms with Crippen LogP contribution in [-0.4, -0.2) is 49.5 Å². The molecule has 0 radical (unpaired) electrons. The summed E-state index contributed by atoms with van der Waals surface area (Å²) in [5.41, 5.74) is 0. The minimum Gasteiger partial charge on any atom is -0.465 e. The van der Waals surface area contributed by atoms with Crippen molar-refractivity contribution in [3.63, 3.8) is 0 Å². The van der Waals surface area contributed by atoms with Gasteiger partial charge in [-0.25, -0.2) is 8.42 Å². The van der Waals surface area contributed by atoms with Gasteiger partial charge >= 0.3 is 5.97 Å². The molecule has 1 aliphatic rings. The quantitative estimate of drug-likeness (QED) is 0.557. The van der Waals surface area contributed by atoms with E-state index in [2.05, 4.69) is 0 Å². The molecule has 0 amide bonds. The van der Waals surface area contributed by atoms with Crippen LogP contribution in [0.2, 0.25) is 0 Å². The highest BCUT2D eigenvalue weighted by molar-refractivity contribution is 7.89. The molecule has 0 aromatic carbocycles. The lowest BCUT2D eigenvalue weighted by atomic mass is 10.1. The lowest BCUT2D eigenvalue weighted by Crippen LogP contribution is -2.49. The lowest BCUT2D eigenvalue weighted by Gasteiger charge is -2.32. The predicted octanol–water partition coefficient (Wildman–Crippen LogP) is 0.973.